The number of carbonyl (C=O) groups excluding carboxylic acids is 1. The van der Waals surface area contributed by atoms with Crippen LogP contribution in [0.5, 0.6) is 0 Å². The van der Waals surface area contributed by atoms with E-state index in [4.69, 9.17) is 4.74 Å². The molecule has 3 heterocycles. The highest BCUT2D eigenvalue weighted by molar-refractivity contribution is 6.06. The minimum Gasteiger partial charge on any atom is -0.368 e. The quantitative estimate of drug-likeness (QED) is 0.762. The summed E-state index contributed by atoms with van der Waals surface area (Å²) in [6, 6.07) is 10.7. The number of pyridine rings is 1. The monoisotopic (exact) mass is 350 g/mol. The number of aromatic nitrogens is 3. The molecule has 132 valence electrons. The Kier molecular flexibility index (Phi) is 4.22. The summed E-state index contributed by atoms with van der Waals surface area (Å²) in [7, 11) is 0. The Morgan fingerprint density at radius 3 is 3.04 bits per heavy atom. The standard InChI is InChI=1S/C19H18N4O3/c1-12-21-16(10-18(24)22-12)17-11-23(8-9-26-17)19(25)14-4-2-6-15-13(14)5-3-7-20-15/h2-7,10,17H,8-9,11H2,1H3,(H,21,22,24)/t17-/m1/s1. The van der Waals surface area contributed by atoms with Gasteiger partial charge >= 0.3 is 0 Å². The first-order chi connectivity index (χ1) is 12.6. The lowest BCUT2D eigenvalue weighted by atomic mass is 10.1. The highest BCUT2D eigenvalue weighted by Gasteiger charge is 2.28. The van der Waals surface area contributed by atoms with E-state index in [1.54, 1.807) is 18.0 Å². The highest BCUT2D eigenvalue weighted by atomic mass is 16.5. The number of fused-ring (bicyclic) bond motifs is 1. The number of aromatic amines is 1. The lowest BCUT2D eigenvalue weighted by Crippen LogP contribution is -2.42. The van der Waals surface area contributed by atoms with Crippen LogP contribution in [0.3, 0.4) is 0 Å². The van der Waals surface area contributed by atoms with Crippen molar-refractivity contribution in [2.75, 3.05) is 19.7 Å². The summed E-state index contributed by atoms with van der Waals surface area (Å²) in [5, 5.41) is 0.827. The number of benzene rings is 1. The SMILES string of the molecule is Cc1nc([C@H]2CN(C(=O)c3cccc4ncccc34)CCO2)cc(=O)[nH]1. The number of H-pyrrole nitrogens is 1. The lowest BCUT2D eigenvalue weighted by Gasteiger charge is -2.33. The van der Waals surface area contributed by atoms with Crippen LogP contribution in [0.25, 0.3) is 10.9 Å². The van der Waals surface area contributed by atoms with Crippen molar-refractivity contribution < 1.29 is 9.53 Å². The Balaban J connectivity index is 1.63. The molecule has 1 fully saturated rings. The molecule has 26 heavy (non-hydrogen) atoms. The topological polar surface area (TPSA) is 88.2 Å². The van der Waals surface area contributed by atoms with Crippen molar-refractivity contribution in [2.24, 2.45) is 0 Å². The molecule has 2 aromatic heterocycles. The first kappa shape index (κ1) is 16.4. The maximum Gasteiger partial charge on any atom is 0.254 e. The summed E-state index contributed by atoms with van der Waals surface area (Å²) < 4.78 is 5.76. The van der Waals surface area contributed by atoms with Crippen LogP contribution >= 0.6 is 0 Å². The molecule has 1 N–H and O–H groups in total. The molecule has 1 atom stereocenters. The number of nitrogens with one attached hydrogen (secondary N) is 1. The van der Waals surface area contributed by atoms with E-state index >= 15 is 0 Å². The van der Waals surface area contributed by atoms with Gasteiger partial charge in [-0.1, -0.05) is 12.1 Å². The maximum atomic E-state index is 13.1. The summed E-state index contributed by atoms with van der Waals surface area (Å²) in [5.41, 5.74) is 1.73. The Morgan fingerprint density at radius 2 is 2.19 bits per heavy atom. The van der Waals surface area contributed by atoms with Crippen molar-refractivity contribution >= 4 is 16.8 Å². The van der Waals surface area contributed by atoms with E-state index in [0.29, 0.717) is 36.8 Å². The van der Waals surface area contributed by atoms with Crippen molar-refractivity contribution in [3.8, 4) is 0 Å². The molecule has 1 saturated heterocycles. The normalized spacial score (nSPS) is 17.4. The molecule has 0 radical (unpaired) electrons. The third-order valence-corrected chi connectivity index (χ3v) is 4.44. The van der Waals surface area contributed by atoms with Crippen LogP contribution < -0.4 is 5.56 Å². The van der Waals surface area contributed by atoms with Gasteiger partial charge in [-0.25, -0.2) is 4.98 Å². The van der Waals surface area contributed by atoms with Crippen LogP contribution in [-0.4, -0.2) is 45.5 Å². The van der Waals surface area contributed by atoms with Crippen molar-refractivity contribution in [1.82, 2.24) is 19.9 Å². The van der Waals surface area contributed by atoms with Crippen LogP contribution in [0.15, 0.2) is 47.4 Å². The number of rotatable bonds is 2. The number of ether oxygens (including phenoxy) is 1. The molecule has 1 aliphatic rings. The van der Waals surface area contributed by atoms with Gasteiger partial charge in [0.15, 0.2) is 0 Å². The summed E-state index contributed by atoms with van der Waals surface area (Å²) in [5.74, 6) is 0.457. The molecule has 0 bridgehead atoms. The van der Waals surface area contributed by atoms with Crippen molar-refractivity contribution in [3.63, 3.8) is 0 Å². The number of nitrogens with zero attached hydrogens (tertiary/aromatic N) is 3. The molecular weight excluding hydrogens is 332 g/mol. The average molecular weight is 350 g/mol. The van der Waals surface area contributed by atoms with E-state index in [9.17, 15) is 9.59 Å². The zero-order valence-corrected chi connectivity index (χ0v) is 14.3. The van der Waals surface area contributed by atoms with Crippen molar-refractivity contribution in [1.29, 1.82) is 0 Å². The fraction of sp³-hybridized carbons (Fsp3) is 0.263. The van der Waals surface area contributed by atoms with Gasteiger partial charge in [0, 0.05) is 29.8 Å². The fourth-order valence-corrected chi connectivity index (χ4v) is 3.24. The Bertz CT molecular complexity index is 1030. The second kappa shape index (κ2) is 6.68. The molecule has 0 spiro atoms. The van der Waals surface area contributed by atoms with Gasteiger partial charge in [-0.2, -0.15) is 0 Å². The zero-order chi connectivity index (χ0) is 18.1. The molecule has 0 unspecified atom stereocenters. The van der Waals surface area contributed by atoms with Crippen LogP contribution in [0, 0.1) is 6.92 Å². The van der Waals surface area contributed by atoms with Crippen LogP contribution in [0.2, 0.25) is 0 Å². The Morgan fingerprint density at radius 1 is 1.31 bits per heavy atom. The average Bonchev–Trinajstić information content (AvgIpc) is 2.66. The zero-order valence-electron chi connectivity index (χ0n) is 14.3. The molecule has 1 aliphatic heterocycles. The third kappa shape index (κ3) is 3.09. The molecule has 7 heteroatoms. The molecular formula is C19H18N4O3. The molecule has 7 nitrogen and oxygen atoms in total. The first-order valence-corrected chi connectivity index (χ1v) is 8.44. The van der Waals surface area contributed by atoms with E-state index in [0.717, 1.165) is 10.9 Å². The second-order valence-corrected chi connectivity index (χ2v) is 6.24. The van der Waals surface area contributed by atoms with Gasteiger partial charge in [-0.3, -0.25) is 14.6 Å². The summed E-state index contributed by atoms with van der Waals surface area (Å²) in [6.07, 6.45) is 1.30. The minimum atomic E-state index is -0.415. The van der Waals surface area contributed by atoms with Gasteiger partial charge in [0.05, 0.1) is 24.4 Å². The van der Waals surface area contributed by atoms with Crippen molar-refractivity contribution in [3.05, 3.63) is 70.0 Å². The highest BCUT2D eigenvalue weighted by Crippen LogP contribution is 2.23. The van der Waals surface area contributed by atoms with Crippen LogP contribution in [0.4, 0.5) is 0 Å². The van der Waals surface area contributed by atoms with Crippen LogP contribution in [-0.2, 0) is 4.74 Å². The first-order valence-electron chi connectivity index (χ1n) is 8.44. The maximum absolute atomic E-state index is 13.1. The van der Waals surface area contributed by atoms with E-state index in [2.05, 4.69) is 15.0 Å². The Hall–Kier alpha value is -3.06. The van der Waals surface area contributed by atoms with Gasteiger partial charge in [0.2, 0.25) is 0 Å². The van der Waals surface area contributed by atoms with Gasteiger partial charge in [0.1, 0.15) is 11.9 Å². The molecule has 1 aromatic carbocycles. The van der Waals surface area contributed by atoms with Gasteiger partial charge < -0.3 is 14.6 Å². The van der Waals surface area contributed by atoms with Gasteiger partial charge in [0.25, 0.3) is 11.5 Å². The van der Waals surface area contributed by atoms with E-state index in [-0.39, 0.29) is 11.5 Å². The molecule has 3 aromatic rings. The molecule has 0 saturated carbocycles. The van der Waals surface area contributed by atoms with E-state index in [1.807, 2.05) is 30.3 Å². The number of carbonyl (C=O) groups is 1. The fourth-order valence-electron chi connectivity index (χ4n) is 3.24. The summed E-state index contributed by atoms with van der Waals surface area (Å²) >= 11 is 0. The number of morpholine rings is 1. The van der Waals surface area contributed by atoms with Crippen LogP contribution in [0.1, 0.15) is 28.0 Å². The predicted octanol–water partition coefficient (Wildman–Crippen LogP) is 1.84. The van der Waals surface area contributed by atoms with E-state index in [1.165, 1.54) is 6.07 Å². The van der Waals surface area contributed by atoms with Crippen molar-refractivity contribution in [2.45, 2.75) is 13.0 Å². The number of aryl methyl sites for hydroxylation is 1. The summed E-state index contributed by atoms with van der Waals surface area (Å²) in [4.78, 5) is 37.8. The predicted molar refractivity (Wildman–Crippen MR) is 95.9 cm³/mol. The summed E-state index contributed by atoms with van der Waals surface area (Å²) in [6.45, 7) is 2.96. The lowest BCUT2D eigenvalue weighted by molar-refractivity contribution is -0.0248. The van der Waals surface area contributed by atoms with E-state index < -0.39 is 6.10 Å². The largest absolute Gasteiger partial charge is 0.368 e. The number of hydrogen-bond donors (Lipinski definition) is 1. The molecule has 0 aliphatic carbocycles. The Labute approximate surface area is 149 Å². The van der Waals surface area contributed by atoms with Gasteiger partial charge in [-0.05, 0) is 25.1 Å². The molecule has 4 rings (SSSR count). The second-order valence-electron chi connectivity index (χ2n) is 6.24. The number of hydrogen-bond acceptors (Lipinski definition) is 5. The minimum absolute atomic E-state index is 0.0709. The number of amides is 1. The smallest absolute Gasteiger partial charge is 0.254 e. The van der Waals surface area contributed by atoms with Gasteiger partial charge in [-0.15, -0.1) is 0 Å². The molecule has 1 amide bonds. The third-order valence-electron chi connectivity index (χ3n) is 4.44.